The van der Waals surface area contributed by atoms with Crippen LogP contribution in [0.25, 0.3) is 0 Å². The van der Waals surface area contributed by atoms with Gasteiger partial charge in [-0.15, -0.1) is 0 Å². The number of hydrogen-bond donors (Lipinski definition) is 4. The van der Waals surface area contributed by atoms with Gasteiger partial charge in [0.15, 0.2) is 0 Å². The molecule has 0 bridgehead atoms. The summed E-state index contributed by atoms with van der Waals surface area (Å²) in [6, 6.07) is 16.2. The maximum absolute atomic E-state index is 11.9. The fourth-order valence-electron chi connectivity index (χ4n) is 3.06. The summed E-state index contributed by atoms with van der Waals surface area (Å²) in [5.74, 6) is -4.09. The summed E-state index contributed by atoms with van der Waals surface area (Å²) >= 11 is 0. The van der Waals surface area contributed by atoms with Crippen molar-refractivity contribution in [1.82, 2.24) is 5.32 Å². The monoisotopic (exact) mass is 746 g/mol. The van der Waals surface area contributed by atoms with Gasteiger partial charge < -0.3 is 50.4 Å². The standard InChI is InChI=1S/C16H21NO6.C9H10O2.C8H15NO4.CH2O3.Na/c1-16(2,3)23-14(20)12(9-13(18)19)17-15(21)22-10-11-7-5-4-6-8-11;1-8(10)11-7-9-5-3-2-4-6-9;1-8(2,3)13-7(12)5(9)4-6(10)11;2-1-4-3;/h4-8,12H,9-10H2,1-3H3,(H,17,21)(H,18,19);2-6H,7H2,1H3;5H,4,9H2,1-3H3,(H,10,11);1,3H;/q;;;;+1/p-1/t12-;;5-;;/m0.0../s1. The predicted octanol–water partition coefficient (Wildman–Crippen LogP) is -0.584. The molecule has 2 aromatic rings. The second-order valence-corrected chi connectivity index (χ2v) is 12.1. The number of ether oxygens (including phenoxy) is 4. The number of carboxylic acids is 2. The van der Waals surface area contributed by atoms with Gasteiger partial charge in [-0.2, -0.15) is 0 Å². The van der Waals surface area contributed by atoms with Gasteiger partial charge in [0.2, 0.25) is 0 Å². The quantitative estimate of drug-likeness (QED) is 0.0528. The van der Waals surface area contributed by atoms with Crippen LogP contribution in [0.4, 0.5) is 4.79 Å². The van der Waals surface area contributed by atoms with Crippen LogP contribution in [-0.2, 0) is 65.8 Å². The number of alkyl carbamates (subject to hydrolysis) is 1. The number of nitrogens with two attached hydrogens (primary N) is 1. The van der Waals surface area contributed by atoms with Gasteiger partial charge in [0.05, 0.1) is 12.8 Å². The Balaban J connectivity index is -0.000000701. The van der Waals surface area contributed by atoms with Crippen LogP contribution in [0.3, 0.4) is 0 Å². The van der Waals surface area contributed by atoms with Gasteiger partial charge in [0.25, 0.3) is 6.47 Å². The van der Waals surface area contributed by atoms with Crippen LogP contribution in [0.5, 0.6) is 0 Å². The number of carboxylic acid groups (broad SMARTS) is 2. The predicted molar refractivity (Wildman–Crippen MR) is 177 cm³/mol. The molecule has 0 heterocycles. The molecule has 2 aromatic carbocycles. The van der Waals surface area contributed by atoms with E-state index in [0.29, 0.717) is 6.61 Å². The van der Waals surface area contributed by atoms with Gasteiger partial charge in [-0.25, -0.2) is 9.59 Å². The molecule has 0 aliphatic carbocycles. The van der Waals surface area contributed by atoms with E-state index in [2.05, 4.69) is 10.2 Å². The first kappa shape index (κ1) is 51.8. The number of amides is 1. The second-order valence-electron chi connectivity index (χ2n) is 12.1. The van der Waals surface area contributed by atoms with Crippen LogP contribution in [-0.4, -0.2) is 75.9 Å². The fraction of sp³-hybridized carbons (Fsp3) is 0.441. The minimum atomic E-state index is -1.31. The molecule has 1 amide bonds. The summed E-state index contributed by atoms with van der Waals surface area (Å²) in [4.78, 5) is 77.5. The number of aliphatic carboxylic acids is 2. The summed E-state index contributed by atoms with van der Waals surface area (Å²) < 4.78 is 19.7. The van der Waals surface area contributed by atoms with Crippen molar-refractivity contribution in [3.8, 4) is 0 Å². The van der Waals surface area contributed by atoms with E-state index in [9.17, 15) is 28.8 Å². The van der Waals surface area contributed by atoms with Crippen LogP contribution in [0.15, 0.2) is 60.7 Å². The number of hydrogen-bond acceptors (Lipinski definition) is 14. The molecule has 17 nitrogen and oxygen atoms in total. The molecule has 52 heavy (non-hydrogen) atoms. The third-order valence-corrected chi connectivity index (χ3v) is 5.00. The van der Waals surface area contributed by atoms with E-state index in [1.54, 1.807) is 65.8 Å². The normalized spacial score (nSPS) is 11.1. The third-order valence-electron chi connectivity index (χ3n) is 5.00. The molecule has 0 aromatic heterocycles. The molecule has 0 aliphatic rings. The number of nitrogens with one attached hydrogen (secondary N) is 1. The number of esters is 3. The van der Waals surface area contributed by atoms with E-state index >= 15 is 0 Å². The Morgan fingerprint density at radius 2 is 1.13 bits per heavy atom. The molecule has 0 unspecified atom stereocenters. The molecule has 18 heteroatoms. The summed E-state index contributed by atoms with van der Waals surface area (Å²) in [5.41, 5.74) is 5.64. The molecule has 0 spiro atoms. The molecule has 0 saturated carbocycles. The van der Waals surface area contributed by atoms with E-state index in [0.717, 1.165) is 11.1 Å². The zero-order valence-electron chi connectivity index (χ0n) is 30.6. The van der Waals surface area contributed by atoms with E-state index in [4.69, 9.17) is 44.9 Å². The maximum Gasteiger partial charge on any atom is 1.00 e. The number of benzene rings is 2. The molecule has 0 radical (unpaired) electrons. The minimum absolute atomic E-state index is 0. The van der Waals surface area contributed by atoms with Crippen LogP contribution in [0.2, 0.25) is 0 Å². The largest absolute Gasteiger partial charge is 1.00 e. The van der Waals surface area contributed by atoms with Crippen molar-refractivity contribution in [2.45, 2.75) is 97.8 Å². The summed E-state index contributed by atoms with van der Waals surface area (Å²) in [6.45, 7) is 11.6. The van der Waals surface area contributed by atoms with Crippen molar-refractivity contribution < 1.29 is 102 Å². The summed E-state index contributed by atoms with van der Waals surface area (Å²) in [6.07, 6.45) is -1.88. The maximum atomic E-state index is 11.9. The average Bonchev–Trinajstić information content (AvgIpc) is 3.02. The Morgan fingerprint density at radius 1 is 0.750 bits per heavy atom. The Bertz CT molecular complexity index is 1360. The minimum Gasteiger partial charge on any atom is -0.662 e. The first-order valence-electron chi connectivity index (χ1n) is 15.1. The van der Waals surface area contributed by atoms with Crippen molar-refractivity contribution in [3.05, 3.63) is 71.8 Å². The molecule has 0 saturated heterocycles. The number of rotatable bonds is 12. The molecule has 0 aliphatic heterocycles. The molecular weight excluding hydrogens is 699 g/mol. The van der Waals surface area contributed by atoms with Gasteiger partial charge >= 0.3 is 65.5 Å². The first-order chi connectivity index (χ1) is 23.6. The van der Waals surface area contributed by atoms with Crippen molar-refractivity contribution >= 4 is 42.4 Å². The molecule has 5 N–H and O–H groups in total. The van der Waals surface area contributed by atoms with Crippen LogP contribution < -0.4 is 45.9 Å². The smallest absolute Gasteiger partial charge is 0.662 e. The van der Waals surface area contributed by atoms with Gasteiger partial charge in [-0.05, 0) is 52.7 Å². The van der Waals surface area contributed by atoms with E-state index in [1.165, 1.54) is 6.92 Å². The Labute approximate surface area is 324 Å². The molecule has 0 fully saturated rings. The van der Waals surface area contributed by atoms with Crippen molar-refractivity contribution in [2.24, 2.45) is 5.73 Å². The van der Waals surface area contributed by atoms with E-state index in [-0.39, 0.29) is 48.6 Å². The van der Waals surface area contributed by atoms with Gasteiger partial charge in [-0.3, -0.25) is 24.0 Å². The number of carbonyl (C=O) groups is 7. The second kappa shape index (κ2) is 28.1. The van der Waals surface area contributed by atoms with Gasteiger partial charge in [-0.1, -0.05) is 60.7 Å². The zero-order valence-corrected chi connectivity index (χ0v) is 32.6. The summed E-state index contributed by atoms with van der Waals surface area (Å²) in [5, 5.41) is 27.9. The third kappa shape index (κ3) is 32.6. The topological polar surface area (TPSA) is 267 Å². The van der Waals surface area contributed by atoms with Crippen LogP contribution in [0, 0.1) is 0 Å². The van der Waals surface area contributed by atoms with Crippen LogP contribution in [0.1, 0.15) is 72.4 Å². The Morgan fingerprint density at radius 3 is 1.48 bits per heavy atom. The van der Waals surface area contributed by atoms with Crippen molar-refractivity contribution in [1.29, 1.82) is 0 Å². The van der Waals surface area contributed by atoms with E-state index < -0.39 is 66.1 Å². The average molecular weight is 747 g/mol. The van der Waals surface area contributed by atoms with Crippen LogP contribution >= 0.6 is 0 Å². The summed E-state index contributed by atoms with van der Waals surface area (Å²) in [7, 11) is 0. The SMILES string of the molecule is CC(=O)OCc1ccccc1.CC(C)(C)OC(=O)[C@@H](N)CC(=O)O.CC(C)(C)OC(=O)[C@H](CC(=O)O)NC(=O)OCc1ccccc1.O=CO[O-].[Na+]. The fourth-order valence-corrected chi connectivity index (χ4v) is 3.06. The molecule has 2 rings (SSSR count). The van der Waals surface area contributed by atoms with Gasteiger partial charge in [0, 0.05) is 6.92 Å². The molecule has 284 valence electrons. The van der Waals surface area contributed by atoms with E-state index in [1.807, 2.05) is 36.4 Å². The number of carbonyl (C=O) groups excluding carboxylic acids is 5. The Hall–Kier alpha value is -4.55. The zero-order chi connectivity index (χ0) is 39.6. The van der Waals surface area contributed by atoms with Crippen molar-refractivity contribution in [2.75, 3.05) is 0 Å². The first-order valence-corrected chi connectivity index (χ1v) is 15.1. The molecular formula is C34H47N2NaO15. The molecule has 2 atom stereocenters. The Kier molecular flexibility index (Phi) is 28.0. The van der Waals surface area contributed by atoms with Gasteiger partial charge in [0.1, 0.15) is 36.5 Å². The van der Waals surface area contributed by atoms with Crippen molar-refractivity contribution in [3.63, 3.8) is 0 Å².